The molecule has 1 aliphatic carbocycles. The standard InChI is InChI=1S/C16H18FNO/c1-10-8-11-9-15(2,3)16(18,14(11)19-10)12-4-6-13(17)7-5-12/h4-8H,9,18H2,1-3H3. The van der Waals surface area contributed by atoms with Crippen molar-refractivity contribution in [3.05, 3.63) is 58.8 Å². The Morgan fingerprint density at radius 1 is 1.21 bits per heavy atom. The molecule has 1 heterocycles. The highest BCUT2D eigenvalue weighted by Crippen LogP contribution is 2.52. The Morgan fingerprint density at radius 3 is 2.47 bits per heavy atom. The van der Waals surface area contributed by atoms with Gasteiger partial charge in [0.15, 0.2) is 0 Å². The molecule has 0 fully saturated rings. The monoisotopic (exact) mass is 259 g/mol. The molecular formula is C16H18FNO. The van der Waals surface area contributed by atoms with Gasteiger partial charge in [-0.1, -0.05) is 26.0 Å². The smallest absolute Gasteiger partial charge is 0.132 e. The lowest BCUT2D eigenvalue weighted by atomic mass is 9.71. The minimum atomic E-state index is -0.704. The Labute approximate surface area is 112 Å². The van der Waals surface area contributed by atoms with Crippen molar-refractivity contribution in [1.82, 2.24) is 0 Å². The van der Waals surface area contributed by atoms with Crippen molar-refractivity contribution in [1.29, 1.82) is 0 Å². The molecule has 19 heavy (non-hydrogen) atoms. The van der Waals surface area contributed by atoms with Crippen molar-refractivity contribution in [2.75, 3.05) is 0 Å². The molecule has 2 nitrogen and oxygen atoms in total. The minimum absolute atomic E-state index is 0.160. The van der Waals surface area contributed by atoms with Crippen molar-refractivity contribution in [3.8, 4) is 0 Å². The first kappa shape index (κ1) is 12.4. The maximum Gasteiger partial charge on any atom is 0.132 e. The number of fused-ring (bicyclic) bond motifs is 1. The van der Waals surface area contributed by atoms with Crippen LogP contribution in [0.15, 0.2) is 34.7 Å². The fourth-order valence-corrected chi connectivity index (χ4v) is 3.19. The van der Waals surface area contributed by atoms with E-state index in [1.807, 2.05) is 6.92 Å². The van der Waals surface area contributed by atoms with Gasteiger partial charge in [-0.25, -0.2) is 4.39 Å². The van der Waals surface area contributed by atoms with Crippen molar-refractivity contribution in [2.45, 2.75) is 32.7 Å². The molecule has 1 aromatic heterocycles. The van der Waals surface area contributed by atoms with Gasteiger partial charge in [0, 0.05) is 0 Å². The van der Waals surface area contributed by atoms with Crippen LogP contribution >= 0.6 is 0 Å². The SMILES string of the molecule is Cc1cc2c(o1)C(N)(c1ccc(F)cc1)C(C)(C)C2. The molecule has 0 radical (unpaired) electrons. The summed E-state index contributed by atoms with van der Waals surface area (Å²) in [5.74, 6) is 1.44. The second-order valence-corrected chi connectivity index (χ2v) is 6.09. The highest BCUT2D eigenvalue weighted by atomic mass is 19.1. The summed E-state index contributed by atoms with van der Waals surface area (Å²) in [6.45, 7) is 6.18. The van der Waals surface area contributed by atoms with Gasteiger partial charge in [-0.15, -0.1) is 0 Å². The van der Waals surface area contributed by atoms with Crippen LogP contribution in [-0.4, -0.2) is 0 Å². The molecule has 0 bridgehead atoms. The van der Waals surface area contributed by atoms with E-state index in [1.165, 1.54) is 12.1 Å². The van der Waals surface area contributed by atoms with Gasteiger partial charge in [0.2, 0.25) is 0 Å². The van der Waals surface area contributed by atoms with Gasteiger partial charge in [0.1, 0.15) is 22.9 Å². The summed E-state index contributed by atoms with van der Waals surface area (Å²) >= 11 is 0. The quantitative estimate of drug-likeness (QED) is 0.851. The summed E-state index contributed by atoms with van der Waals surface area (Å²) in [6, 6.07) is 8.46. The number of hydrogen-bond donors (Lipinski definition) is 1. The Hall–Kier alpha value is -1.61. The Kier molecular flexibility index (Phi) is 2.42. The second-order valence-electron chi connectivity index (χ2n) is 6.09. The lowest BCUT2D eigenvalue weighted by Crippen LogP contribution is -2.47. The largest absolute Gasteiger partial charge is 0.464 e. The number of hydrogen-bond acceptors (Lipinski definition) is 2. The lowest BCUT2D eigenvalue weighted by molar-refractivity contribution is 0.203. The summed E-state index contributed by atoms with van der Waals surface area (Å²) in [4.78, 5) is 0. The normalized spacial score (nSPS) is 24.5. The highest BCUT2D eigenvalue weighted by molar-refractivity contribution is 5.46. The fourth-order valence-electron chi connectivity index (χ4n) is 3.19. The van der Waals surface area contributed by atoms with Gasteiger partial charge in [-0.05, 0) is 48.1 Å². The van der Waals surface area contributed by atoms with Crippen molar-refractivity contribution >= 4 is 0 Å². The van der Waals surface area contributed by atoms with Gasteiger partial charge in [0.05, 0.1) is 0 Å². The molecule has 3 rings (SSSR count). The van der Waals surface area contributed by atoms with Crippen LogP contribution < -0.4 is 5.73 Å². The first-order valence-corrected chi connectivity index (χ1v) is 6.49. The van der Waals surface area contributed by atoms with Gasteiger partial charge >= 0.3 is 0 Å². The van der Waals surface area contributed by atoms with Gasteiger partial charge in [-0.3, -0.25) is 0 Å². The van der Waals surface area contributed by atoms with Crippen molar-refractivity contribution < 1.29 is 8.81 Å². The Bertz CT molecular complexity index is 627. The predicted molar refractivity (Wildman–Crippen MR) is 72.3 cm³/mol. The number of furan rings is 1. The van der Waals surface area contributed by atoms with E-state index in [-0.39, 0.29) is 11.2 Å². The van der Waals surface area contributed by atoms with Gasteiger partial charge in [-0.2, -0.15) is 0 Å². The third-order valence-corrected chi connectivity index (χ3v) is 4.29. The van der Waals surface area contributed by atoms with E-state index in [0.29, 0.717) is 0 Å². The molecule has 0 saturated heterocycles. The minimum Gasteiger partial charge on any atom is -0.464 e. The van der Waals surface area contributed by atoms with E-state index in [0.717, 1.165) is 29.1 Å². The summed E-state index contributed by atoms with van der Waals surface area (Å²) in [6.07, 6.45) is 0.869. The van der Waals surface area contributed by atoms with E-state index in [1.54, 1.807) is 12.1 Å². The molecular weight excluding hydrogens is 241 g/mol. The number of halogens is 1. The number of rotatable bonds is 1. The molecule has 3 heteroatoms. The molecule has 1 unspecified atom stereocenters. The van der Waals surface area contributed by atoms with E-state index >= 15 is 0 Å². The first-order chi connectivity index (χ1) is 8.84. The molecule has 1 aliphatic rings. The maximum absolute atomic E-state index is 13.1. The lowest BCUT2D eigenvalue weighted by Gasteiger charge is -2.38. The molecule has 2 aromatic rings. The molecule has 2 N–H and O–H groups in total. The van der Waals surface area contributed by atoms with E-state index in [4.69, 9.17) is 10.2 Å². The van der Waals surface area contributed by atoms with E-state index < -0.39 is 5.54 Å². The number of aryl methyl sites for hydroxylation is 1. The third-order valence-electron chi connectivity index (χ3n) is 4.29. The molecule has 0 amide bonds. The van der Waals surface area contributed by atoms with Crippen molar-refractivity contribution in [2.24, 2.45) is 11.1 Å². The molecule has 1 aromatic carbocycles. The zero-order chi connectivity index (χ0) is 13.8. The zero-order valence-electron chi connectivity index (χ0n) is 11.5. The van der Waals surface area contributed by atoms with Crippen LogP contribution in [0.3, 0.4) is 0 Å². The average Bonchev–Trinajstić information content (AvgIpc) is 2.76. The summed E-state index contributed by atoms with van der Waals surface area (Å²) in [5.41, 5.74) is 7.91. The molecule has 1 atom stereocenters. The van der Waals surface area contributed by atoms with Crippen LogP contribution in [0.2, 0.25) is 0 Å². The molecule has 0 saturated carbocycles. The predicted octanol–water partition coefficient (Wildman–Crippen LogP) is 3.51. The summed E-state index contributed by atoms with van der Waals surface area (Å²) < 4.78 is 19.0. The van der Waals surface area contributed by atoms with Crippen LogP contribution in [0.25, 0.3) is 0 Å². The topological polar surface area (TPSA) is 39.2 Å². The molecule has 100 valence electrons. The van der Waals surface area contributed by atoms with Gasteiger partial charge < -0.3 is 10.2 Å². The number of benzene rings is 1. The fraction of sp³-hybridized carbons (Fsp3) is 0.375. The molecule has 0 spiro atoms. The average molecular weight is 259 g/mol. The Morgan fingerprint density at radius 2 is 1.84 bits per heavy atom. The van der Waals surface area contributed by atoms with Gasteiger partial charge in [0.25, 0.3) is 0 Å². The van der Waals surface area contributed by atoms with E-state index in [9.17, 15) is 4.39 Å². The van der Waals surface area contributed by atoms with Crippen LogP contribution in [0, 0.1) is 18.2 Å². The number of nitrogens with two attached hydrogens (primary N) is 1. The van der Waals surface area contributed by atoms with Crippen LogP contribution in [0.5, 0.6) is 0 Å². The zero-order valence-corrected chi connectivity index (χ0v) is 11.5. The second kappa shape index (κ2) is 3.70. The highest BCUT2D eigenvalue weighted by Gasteiger charge is 2.53. The van der Waals surface area contributed by atoms with E-state index in [2.05, 4.69) is 19.9 Å². The van der Waals surface area contributed by atoms with Crippen molar-refractivity contribution in [3.63, 3.8) is 0 Å². The third kappa shape index (κ3) is 1.58. The first-order valence-electron chi connectivity index (χ1n) is 6.49. The summed E-state index contributed by atoms with van der Waals surface area (Å²) in [7, 11) is 0. The molecule has 0 aliphatic heterocycles. The Balaban J connectivity index is 2.22. The maximum atomic E-state index is 13.1. The van der Waals surface area contributed by atoms with Crippen LogP contribution in [-0.2, 0) is 12.0 Å². The summed E-state index contributed by atoms with van der Waals surface area (Å²) in [5, 5.41) is 0. The van der Waals surface area contributed by atoms with Crippen LogP contribution in [0.4, 0.5) is 4.39 Å². The van der Waals surface area contributed by atoms with Crippen LogP contribution in [0.1, 0.15) is 36.5 Å².